The highest BCUT2D eigenvalue weighted by Crippen LogP contribution is 2.35. The van der Waals surface area contributed by atoms with E-state index >= 15 is 0 Å². The van der Waals surface area contributed by atoms with Gasteiger partial charge in [-0.1, -0.05) is 0 Å². The maximum Gasteiger partial charge on any atom is 0.338 e. The van der Waals surface area contributed by atoms with E-state index in [4.69, 9.17) is 42.6 Å². The molecule has 0 bridgehead atoms. The van der Waals surface area contributed by atoms with Gasteiger partial charge in [0, 0.05) is 0 Å². The van der Waals surface area contributed by atoms with Crippen LogP contribution < -0.4 is 28.4 Å². The van der Waals surface area contributed by atoms with E-state index in [9.17, 15) is 14.4 Å². The minimum atomic E-state index is -1.11. The van der Waals surface area contributed by atoms with Gasteiger partial charge in [-0.2, -0.15) is 0 Å². The van der Waals surface area contributed by atoms with Crippen molar-refractivity contribution in [2.45, 2.75) is 6.92 Å². The van der Waals surface area contributed by atoms with Gasteiger partial charge in [-0.15, -0.1) is 0 Å². The number of carbonyl (C=O) groups excluding carboxylic acids is 3. The molecule has 3 aliphatic rings. The van der Waals surface area contributed by atoms with Crippen molar-refractivity contribution in [1.82, 2.24) is 0 Å². The van der Waals surface area contributed by atoms with Gasteiger partial charge in [-0.25, -0.2) is 14.4 Å². The Kier molecular flexibility index (Phi) is 6.88. The lowest BCUT2D eigenvalue weighted by Gasteiger charge is -2.28. The van der Waals surface area contributed by atoms with Crippen molar-refractivity contribution in [3.8, 4) is 34.5 Å². The molecule has 3 heterocycles. The van der Waals surface area contributed by atoms with Gasteiger partial charge in [-0.05, 0) is 61.5 Å². The van der Waals surface area contributed by atoms with Crippen molar-refractivity contribution in [2.24, 2.45) is 5.41 Å². The minimum Gasteiger partial charge on any atom is -0.461 e. The Labute approximate surface area is 233 Å². The van der Waals surface area contributed by atoms with Gasteiger partial charge in [0.25, 0.3) is 0 Å². The lowest BCUT2D eigenvalue weighted by molar-refractivity contribution is -0.0288. The molecule has 3 aliphatic heterocycles. The van der Waals surface area contributed by atoms with Crippen molar-refractivity contribution < 1.29 is 57.0 Å². The van der Waals surface area contributed by atoms with Gasteiger partial charge < -0.3 is 42.6 Å². The van der Waals surface area contributed by atoms with E-state index < -0.39 is 23.3 Å². The minimum absolute atomic E-state index is 0.0649. The van der Waals surface area contributed by atoms with Crippen LogP contribution in [0.3, 0.4) is 0 Å². The third kappa shape index (κ3) is 5.62. The van der Waals surface area contributed by atoms with Crippen LogP contribution in [-0.4, -0.2) is 58.1 Å². The Balaban J connectivity index is 1.13. The zero-order valence-electron chi connectivity index (χ0n) is 21.8. The molecule has 0 aromatic heterocycles. The molecular formula is C29H24O12. The van der Waals surface area contributed by atoms with Crippen LogP contribution in [-0.2, 0) is 14.2 Å². The van der Waals surface area contributed by atoms with Crippen LogP contribution >= 0.6 is 0 Å². The number of hydrogen-bond acceptors (Lipinski definition) is 12. The van der Waals surface area contributed by atoms with E-state index in [2.05, 4.69) is 0 Å². The van der Waals surface area contributed by atoms with Crippen LogP contribution in [0.1, 0.15) is 38.0 Å². The molecule has 6 rings (SSSR count). The van der Waals surface area contributed by atoms with Crippen LogP contribution in [0.2, 0.25) is 0 Å². The van der Waals surface area contributed by atoms with E-state index in [1.165, 1.54) is 18.2 Å². The standard InChI is InChI=1S/C29H24O12/c1-29(11-33-26(30)17-2-5-20-23(8-17)39-14-36-20,12-34-27(31)18-3-6-21-24(9-18)40-15-37-21)13-35-28(32)19-4-7-22-25(10-19)41-16-38-22/h2-10H,11-16H2,1H3. The highest BCUT2D eigenvalue weighted by Gasteiger charge is 2.32. The van der Waals surface area contributed by atoms with Crippen LogP contribution in [0.15, 0.2) is 54.6 Å². The van der Waals surface area contributed by atoms with Crippen molar-refractivity contribution >= 4 is 17.9 Å². The molecule has 0 amide bonds. The third-order valence-corrected chi connectivity index (χ3v) is 6.48. The summed E-state index contributed by atoms with van der Waals surface area (Å²) >= 11 is 0. The van der Waals surface area contributed by atoms with Crippen molar-refractivity contribution in [1.29, 1.82) is 0 Å². The molecular weight excluding hydrogens is 540 g/mol. The Morgan fingerprint density at radius 2 is 0.829 bits per heavy atom. The Morgan fingerprint density at radius 3 is 1.15 bits per heavy atom. The topological polar surface area (TPSA) is 134 Å². The van der Waals surface area contributed by atoms with Crippen molar-refractivity contribution in [3.63, 3.8) is 0 Å². The molecule has 0 radical (unpaired) electrons. The molecule has 0 saturated carbocycles. The first kappa shape index (κ1) is 26.1. The summed E-state index contributed by atoms with van der Waals surface area (Å²) in [6, 6.07) is 14.0. The highest BCUT2D eigenvalue weighted by atomic mass is 16.7. The van der Waals surface area contributed by atoms with E-state index in [1.807, 2.05) is 0 Å². The molecule has 12 heteroatoms. The monoisotopic (exact) mass is 564 g/mol. The summed E-state index contributed by atoms with van der Waals surface area (Å²) in [4.78, 5) is 38.5. The maximum atomic E-state index is 12.8. The van der Waals surface area contributed by atoms with Crippen LogP contribution in [0, 0.1) is 5.41 Å². The molecule has 0 aliphatic carbocycles. The highest BCUT2D eigenvalue weighted by molar-refractivity contribution is 5.91. The SMILES string of the molecule is CC(COC(=O)c1ccc2c(c1)OCO2)(COC(=O)c1ccc2c(c1)OCO2)COC(=O)c1ccc2c(c1)OCO2. The summed E-state index contributed by atoms with van der Waals surface area (Å²) < 4.78 is 48.5. The molecule has 0 N–H and O–H groups in total. The molecule has 0 spiro atoms. The van der Waals surface area contributed by atoms with E-state index in [-0.39, 0.29) is 56.9 Å². The molecule has 41 heavy (non-hydrogen) atoms. The molecule has 0 fully saturated rings. The summed E-state index contributed by atoms with van der Waals surface area (Å²) in [5.74, 6) is 0.940. The van der Waals surface area contributed by atoms with E-state index in [1.54, 1.807) is 43.3 Å². The number of benzene rings is 3. The molecule has 212 valence electrons. The predicted octanol–water partition coefficient (Wildman–Crippen LogP) is 3.75. The van der Waals surface area contributed by atoms with Gasteiger partial charge in [0.15, 0.2) is 34.5 Å². The van der Waals surface area contributed by atoms with E-state index in [0.29, 0.717) is 34.5 Å². The van der Waals surface area contributed by atoms with Gasteiger partial charge >= 0.3 is 17.9 Å². The second-order valence-corrected chi connectivity index (χ2v) is 9.74. The van der Waals surface area contributed by atoms with Gasteiger partial charge in [-0.3, -0.25) is 0 Å². The lowest BCUT2D eigenvalue weighted by atomic mass is 9.94. The van der Waals surface area contributed by atoms with Gasteiger partial charge in [0.1, 0.15) is 19.8 Å². The van der Waals surface area contributed by atoms with Crippen LogP contribution in [0.25, 0.3) is 0 Å². The average Bonchev–Trinajstić information content (AvgIpc) is 3.77. The average molecular weight is 564 g/mol. The summed E-state index contributed by atoms with van der Waals surface area (Å²) in [5, 5.41) is 0. The first-order chi connectivity index (χ1) is 19.9. The number of ether oxygens (including phenoxy) is 9. The molecule has 3 aromatic rings. The van der Waals surface area contributed by atoms with Gasteiger partial charge in [0.2, 0.25) is 20.4 Å². The predicted molar refractivity (Wildman–Crippen MR) is 137 cm³/mol. The number of hydrogen-bond donors (Lipinski definition) is 0. The second kappa shape index (κ2) is 10.8. The zero-order valence-corrected chi connectivity index (χ0v) is 21.8. The van der Waals surface area contributed by atoms with Crippen LogP contribution in [0.4, 0.5) is 0 Å². The number of esters is 3. The molecule has 3 aromatic carbocycles. The molecule has 12 nitrogen and oxygen atoms in total. The summed E-state index contributed by atoms with van der Waals surface area (Å²) in [6.07, 6.45) is 0. The maximum absolute atomic E-state index is 12.8. The third-order valence-electron chi connectivity index (χ3n) is 6.48. The lowest BCUT2D eigenvalue weighted by Crippen LogP contribution is -2.37. The van der Waals surface area contributed by atoms with Crippen molar-refractivity contribution in [3.05, 3.63) is 71.3 Å². The van der Waals surface area contributed by atoms with Crippen LogP contribution in [0.5, 0.6) is 34.5 Å². The molecule has 0 saturated heterocycles. The quantitative estimate of drug-likeness (QED) is 0.277. The Hall–Kier alpha value is -5.13. The zero-order chi connectivity index (χ0) is 28.4. The largest absolute Gasteiger partial charge is 0.461 e. The Bertz CT molecular complexity index is 1340. The first-order valence-corrected chi connectivity index (χ1v) is 12.6. The summed E-state index contributed by atoms with van der Waals surface area (Å²) in [5.41, 5.74) is -0.381. The normalized spacial score (nSPS) is 14.0. The first-order valence-electron chi connectivity index (χ1n) is 12.6. The fourth-order valence-electron chi connectivity index (χ4n) is 4.16. The number of rotatable bonds is 9. The molecule has 0 unspecified atom stereocenters. The van der Waals surface area contributed by atoms with Crippen molar-refractivity contribution in [2.75, 3.05) is 40.2 Å². The van der Waals surface area contributed by atoms with E-state index in [0.717, 1.165) is 0 Å². The summed E-state index contributed by atoms with van der Waals surface area (Å²) in [6.45, 7) is 1.16. The summed E-state index contributed by atoms with van der Waals surface area (Å²) in [7, 11) is 0. The fraction of sp³-hybridized carbons (Fsp3) is 0.276. The number of carbonyl (C=O) groups is 3. The number of fused-ring (bicyclic) bond motifs is 3. The molecule has 0 atom stereocenters. The fourth-order valence-corrected chi connectivity index (χ4v) is 4.16. The Morgan fingerprint density at radius 1 is 0.537 bits per heavy atom. The second-order valence-electron chi connectivity index (χ2n) is 9.74. The smallest absolute Gasteiger partial charge is 0.338 e. The van der Waals surface area contributed by atoms with Gasteiger partial charge in [0.05, 0.1) is 22.1 Å².